The van der Waals surface area contributed by atoms with Crippen molar-refractivity contribution in [3.05, 3.63) is 138 Å². The number of fused-ring (bicyclic) bond motifs is 3. The van der Waals surface area contributed by atoms with Gasteiger partial charge in [-0.15, -0.1) is 46.2 Å². The molecule has 0 heterocycles. The van der Waals surface area contributed by atoms with Crippen LogP contribution in [-0.4, -0.2) is 19.4 Å². The van der Waals surface area contributed by atoms with Crippen molar-refractivity contribution in [2.45, 2.75) is 98.1 Å². The molecular formula is C45H56HfSi2. The molecule has 1 aliphatic rings. The van der Waals surface area contributed by atoms with Gasteiger partial charge < -0.3 is 0 Å². The largest absolute Gasteiger partial charge is 0.273 e. The van der Waals surface area contributed by atoms with Crippen molar-refractivity contribution in [2.75, 3.05) is 0 Å². The van der Waals surface area contributed by atoms with Crippen LogP contribution < -0.4 is 10.4 Å². The molecule has 0 nitrogen and oxygen atoms in total. The summed E-state index contributed by atoms with van der Waals surface area (Å²) in [4.78, 5) is 0. The SMILES string of the molecule is CC(C)(C)c1ccc2c(c1)[cH-]c1cc(C(C)(C)C)ccc12.C[Si](C)(C)c1ccc([C](=[Hf+2])c2ccc([Si](C)(C)C)cc2)cc1.[C-]1=CC=CC1. The minimum absolute atomic E-state index is 0.203. The van der Waals surface area contributed by atoms with Crippen molar-refractivity contribution in [1.82, 2.24) is 0 Å². The van der Waals surface area contributed by atoms with Crippen LogP contribution >= 0.6 is 0 Å². The Balaban J connectivity index is 0.000000189. The third-order valence-corrected chi connectivity index (χ3v) is 15.3. The second-order valence-corrected chi connectivity index (χ2v) is 29.2. The molecular weight excluding hydrogens is 775 g/mol. The number of benzene rings is 4. The normalized spacial score (nSPS) is 13.3. The van der Waals surface area contributed by atoms with Crippen molar-refractivity contribution in [2.24, 2.45) is 0 Å². The van der Waals surface area contributed by atoms with Gasteiger partial charge in [-0.1, -0.05) is 76.9 Å². The van der Waals surface area contributed by atoms with Crippen LogP contribution in [-0.2, 0) is 34.7 Å². The average molecular weight is 832 g/mol. The smallest absolute Gasteiger partial charge is 0.109 e. The molecule has 0 spiro atoms. The number of hydrogen-bond acceptors (Lipinski definition) is 0. The molecule has 1 aliphatic carbocycles. The van der Waals surface area contributed by atoms with Gasteiger partial charge in [0.2, 0.25) is 0 Å². The fraction of sp³-hybridized carbons (Fsp3) is 0.333. The fourth-order valence-electron chi connectivity index (χ4n) is 5.74. The Morgan fingerprint density at radius 1 is 0.604 bits per heavy atom. The van der Waals surface area contributed by atoms with E-state index in [1.54, 1.807) is 10.4 Å². The summed E-state index contributed by atoms with van der Waals surface area (Å²) in [5, 5.41) is 8.56. The molecule has 6 rings (SSSR count). The average Bonchev–Trinajstić information content (AvgIpc) is 3.71. The first kappa shape index (κ1) is 38.2. The summed E-state index contributed by atoms with van der Waals surface area (Å²) in [6.07, 6.45) is 10.0. The molecule has 5 aromatic rings. The van der Waals surface area contributed by atoms with Crippen molar-refractivity contribution >= 4 is 51.3 Å². The fourth-order valence-corrected chi connectivity index (χ4v) is 9.27. The van der Waals surface area contributed by atoms with Crippen LogP contribution in [0.15, 0.2) is 109 Å². The summed E-state index contributed by atoms with van der Waals surface area (Å²) in [5.41, 5.74) is 6.01. The standard InChI is InChI=1S/C21H25.C19H26Si2.C5H5.Hf/c1-20(2,3)16-7-9-18-14(12-16)11-15-13-17(21(4,5)6)8-10-19(15)18;1-20(2,3)18-11-7-16(8-12-18)15-17-9-13-19(14-10-17)21(4,5)6;1-2-4-5-3-1;/h7-13H,1-6H3;7-14H,1-6H3;1-3H,4H2;/q-1;;-1;+2. The van der Waals surface area contributed by atoms with Crippen molar-refractivity contribution in [3.8, 4) is 0 Å². The van der Waals surface area contributed by atoms with Gasteiger partial charge in [0.25, 0.3) is 0 Å². The first-order valence-corrected chi connectivity index (χ1v) is 26.2. The molecule has 0 atom stereocenters. The Morgan fingerprint density at radius 2 is 1.00 bits per heavy atom. The number of allylic oxidation sites excluding steroid dienone is 4. The molecule has 5 aromatic carbocycles. The van der Waals surface area contributed by atoms with E-state index in [-0.39, 0.29) is 10.8 Å². The van der Waals surface area contributed by atoms with E-state index in [0.29, 0.717) is 0 Å². The summed E-state index contributed by atoms with van der Waals surface area (Å²) >= 11 is 1.08. The molecule has 0 radical (unpaired) electrons. The van der Waals surface area contributed by atoms with E-state index >= 15 is 0 Å². The van der Waals surface area contributed by atoms with Crippen molar-refractivity contribution in [3.63, 3.8) is 0 Å². The molecule has 0 unspecified atom stereocenters. The number of rotatable bonds is 4. The van der Waals surface area contributed by atoms with Crippen LogP contribution in [0.1, 0.15) is 70.2 Å². The topological polar surface area (TPSA) is 0 Å². The van der Waals surface area contributed by atoms with E-state index < -0.39 is 16.1 Å². The predicted octanol–water partition coefficient (Wildman–Crippen LogP) is 11.5. The Morgan fingerprint density at radius 3 is 1.27 bits per heavy atom. The first-order valence-electron chi connectivity index (χ1n) is 17.4. The summed E-state index contributed by atoms with van der Waals surface area (Å²) in [6.45, 7) is 28.1. The van der Waals surface area contributed by atoms with Gasteiger partial charge in [0.05, 0.1) is 0 Å². The maximum absolute atomic E-state index is 2.99. The first-order chi connectivity index (χ1) is 22.2. The quantitative estimate of drug-likeness (QED) is 0.125. The second kappa shape index (κ2) is 15.1. The van der Waals surface area contributed by atoms with E-state index in [0.717, 1.165) is 30.3 Å². The van der Waals surface area contributed by atoms with Crippen LogP contribution in [0, 0.1) is 6.08 Å². The van der Waals surface area contributed by atoms with Gasteiger partial charge in [0, 0.05) is 0 Å². The Kier molecular flexibility index (Phi) is 12.0. The van der Waals surface area contributed by atoms with Crippen LogP contribution in [0.2, 0.25) is 39.3 Å². The third-order valence-electron chi connectivity index (χ3n) is 9.10. The van der Waals surface area contributed by atoms with Gasteiger partial charge in [-0.2, -0.15) is 6.08 Å². The summed E-state index contributed by atoms with van der Waals surface area (Å²) in [7, 11) is -2.38. The van der Waals surface area contributed by atoms with E-state index in [2.05, 4.69) is 184 Å². The van der Waals surface area contributed by atoms with Gasteiger partial charge in [0.15, 0.2) is 0 Å². The van der Waals surface area contributed by atoms with Crippen molar-refractivity contribution < 1.29 is 23.9 Å². The molecule has 3 heteroatoms. The van der Waals surface area contributed by atoms with Crippen LogP contribution in [0.5, 0.6) is 0 Å². The van der Waals surface area contributed by atoms with E-state index in [9.17, 15) is 0 Å². The van der Waals surface area contributed by atoms with Gasteiger partial charge >= 0.3 is 153 Å². The zero-order valence-corrected chi connectivity index (χ0v) is 37.2. The van der Waals surface area contributed by atoms with Crippen LogP contribution in [0.3, 0.4) is 0 Å². The molecule has 0 aliphatic heterocycles. The minimum Gasteiger partial charge on any atom is -0.273 e. The molecule has 0 amide bonds. The molecule has 0 N–H and O–H groups in total. The molecule has 248 valence electrons. The minimum atomic E-state index is -1.19. The Hall–Kier alpha value is -2.60. The molecule has 48 heavy (non-hydrogen) atoms. The summed E-state index contributed by atoms with van der Waals surface area (Å²) < 4.78 is 1.50. The van der Waals surface area contributed by atoms with Gasteiger partial charge in [0.1, 0.15) is 0 Å². The maximum Gasteiger partial charge on any atom is -0.109 e. The second-order valence-electron chi connectivity index (χ2n) is 17.3. The monoisotopic (exact) mass is 832 g/mol. The predicted molar refractivity (Wildman–Crippen MR) is 218 cm³/mol. The Bertz CT molecular complexity index is 1770. The van der Waals surface area contributed by atoms with Crippen molar-refractivity contribution in [1.29, 1.82) is 0 Å². The van der Waals surface area contributed by atoms with Crippen LogP contribution in [0.4, 0.5) is 0 Å². The van der Waals surface area contributed by atoms with Gasteiger partial charge in [-0.05, 0) is 10.8 Å². The van der Waals surface area contributed by atoms with E-state index in [1.165, 1.54) is 47.1 Å². The van der Waals surface area contributed by atoms with Gasteiger partial charge in [-0.25, -0.2) is 12.2 Å². The molecule has 0 bridgehead atoms. The molecule has 0 aromatic heterocycles. The molecule has 0 saturated carbocycles. The number of hydrogen-bond donors (Lipinski definition) is 0. The molecule has 0 fully saturated rings. The van der Waals surface area contributed by atoms with Crippen LogP contribution in [0.25, 0.3) is 21.5 Å². The van der Waals surface area contributed by atoms with Gasteiger partial charge in [-0.3, -0.25) is 6.08 Å². The molecule has 0 saturated heterocycles. The van der Waals surface area contributed by atoms with E-state index in [4.69, 9.17) is 0 Å². The third kappa shape index (κ3) is 9.99. The zero-order chi connectivity index (χ0) is 35.5. The summed E-state index contributed by atoms with van der Waals surface area (Å²) in [5.74, 6) is 0. The zero-order valence-electron chi connectivity index (χ0n) is 31.6. The Labute approximate surface area is 308 Å². The summed E-state index contributed by atoms with van der Waals surface area (Å²) in [6, 6.07) is 34.8. The van der Waals surface area contributed by atoms with E-state index in [1.807, 2.05) is 12.2 Å². The maximum atomic E-state index is 2.99.